The lowest BCUT2D eigenvalue weighted by atomic mass is 10.1. The van der Waals surface area contributed by atoms with Gasteiger partial charge in [-0.05, 0) is 25.8 Å². The highest BCUT2D eigenvalue weighted by Gasteiger charge is 2.24. The molecule has 0 radical (unpaired) electrons. The van der Waals surface area contributed by atoms with Gasteiger partial charge in [-0.2, -0.15) is 0 Å². The molecular formula is C19H34NO3P. The Kier molecular flexibility index (Phi) is 11.3. The van der Waals surface area contributed by atoms with E-state index in [-0.39, 0.29) is 12.3 Å². The van der Waals surface area contributed by atoms with Crippen molar-refractivity contribution in [1.82, 2.24) is 5.32 Å². The van der Waals surface area contributed by atoms with E-state index >= 15 is 0 Å². The number of benzene rings is 1. The lowest BCUT2D eigenvalue weighted by molar-refractivity contribution is 0.205. The van der Waals surface area contributed by atoms with Crippen molar-refractivity contribution in [3.63, 3.8) is 0 Å². The molecule has 0 spiro atoms. The Morgan fingerprint density at radius 1 is 1.00 bits per heavy atom. The van der Waals surface area contributed by atoms with Gasteiger partial charge in [0, 0.05) is 6.04 Å². The van der Waals surface area contributed by atoms with Crippen molar-refractivity contribution in [2.75, 3.05) is 19.5 Å². The molecule has 0 bridgehead atoms. The van der Waals surface area contributed by atoms with E-state index in [0.717, 1.165) is 18.4 Å². The summed E-state index contributed by atoms with van der Waals surface area (Å²) < 4.78 is 23.8. The van der Waals surface area contributed by atoms with Gasteiger partial charge in [0.15, 0.2) is 0 Å². The van der Waals surface area contributed by atoms with E-state index in [9.17, 15) is 4.57 Å². The fourth-order valence-corrected chi connectivity index (χ4v) is 4.07. The number of nitrogens with one attached hydrogen (secondary N) is 1. The van der Waals surface area contributed by atoms with Crippen molar-refractivity contribution in [3.05, 3.63) is 35.9 Å². The van der Waals surface area contributed by atoms with E-state index in [1.807, 2.05) is 25.1 Å². The quantitative estimate of drug-likeness (QED) is 0.333. The second-order valence-electron chi connectivity index (χ2n) is 6.12. The van der Waals surface area contributed by atoms with Gasteiger partial charge in [0.2, 0.25) is 0 Å². The van der Waals surface area contributed by atoms with Crippen molar-refractivity contribution in [2.45, 2.75) is 65.3 Å². The van der Waals surface area contributed by atoms with Gasteiger partial charge in [-0.15, -0.1) is 0 Å². The lowest BCUT2D eigenvalue weighted by Crippen LogP contribution is -2.21. The molecule has 0 saturated carbocycles. The minimum atomic E-state index is -3.07. The molecule has 1 unspecified atom stereocenters. The summed E-state index contributed by atoms with van der Waals surface area (Å²) in [6.07, 6.45) is 7.35. The molecule has 0 heterocycles. The maximum absolute atomic E-state index is 12.8. The highest BCUT2D eigenvalue weighted by Crippen LogP contribution is 2.47. The van der Waals surface area contributed by atoms with E-state index in [0.29, 0.717) is 13.2 Å². The first-order chi connectivity index (χ1) is 11.6. The summed E-state index contributed by atoms with van der Waals surface area (Å²) in [6.45, 7) is 7.02. The molecule has 1 aromatic rings. The molecule has 1 rings (SSSR count). The molecule has 0 amide bonds. The fraction of sp³-hybridized carbons (Fsp3) is 0.684. The van der Waals surface area contributed by atoms with Crippen LogP contribution in [0.2, 0.25) is 0 Å². The van der Waals surface area contributed by atoms with Crippen molar-refractivity contribution in [2.24, 2.45) is 0 Å². The van der Waals surface area contributed by atoms with Crippen LogP contribution in [0.15, 0.2) is 30.3 Å². The third kappa shape index (κ3) is 8.98. The highest BCUT2D eigenvalue weighted by molar-refractivity contribution is 7.53. The van der Waals surface area contributed by atoms with Gasteiger partial charge >= 0.3 is 7.60 Å². The zero-order valence-corrected chi connectivity index (χ0v) is 16.4. The maximum atomic E-state index is 12.8. The van der Waals surface area contributed by atoms with Gasteiger partial charge in [0.1, 0.15) is 0 Å². The molecule has 0 aliphatic heterocycles. The van der Waals surface area contributed by atoms with Crippen LogP contribution in [-0.2, 0) is 13.6 Å². The predicted octanol–water partition coefficient (Wildman–Crippen LogP) is 5.90. The minimum Gasteiger partial charge on any atom is -0.308 e. The zero-order valence-electron chi connectivity index (χ0n) is 15.5. The monoisotopic (exact) mass is 355 g/mol. The lowest BCUT2D eigenvalue weighted by Gasteiger charge is -2.21. The van der Waals surface area contributed by atoms with Gasteiger partial charge < -0.3 is 9.05 Å². The van der Waals surface area contributed by atoms with Crippen molar-refractivity contribution < 1.29 is 13.6 Å². The van der Waals surface area contributed by atoms with Crippen LogP contribution < -0.4 is 5.32 Å². The second-order valence-corrected chi connectivity index (χ2v) is 8.18. The Morgan fingerprint density at radius 2 is 1.67 bits per heavy atom. The van der Waals surface area contributed by atoms with Crippen LogP contribution in [-0.4, -0.2) is 19.5 Å². The Balaban J connectivity index is 2.34. The molecule has 0 fully saturated rings. The largest absolute Gasteiger partial charge is 0.344 e. The molecule has 24 heavy (non-hydrogen) atoms. The first-order valence-corrected chi connectivity index (χ1v) is 11.0. The molecule has 1 N–H and O–H groups in total. The fourth-order valence-electron chi connectivity index (χ4n) is 2.52. The van der Waals surface area contributed by atoms with Gasteiger partial charge in [0.05, 0.1) is 19.5 Å². The Bertz CT molecular complexity index is 467. The Hall–Kier alpha value is -0.670. The number of rotatable bonds is 14. The zero-order chi connectivity index (χ0) is 17.7. The van der Waals surface area contributed by atoms with Crippen LogP contribution in [0, 0.1) is 0 Å². The minimum absolute atomic E-state index is 0.109. The standard InChI is InChI=1S/C19H34NO3P/c1-4-6-7-8-9-13-16-23-24(21,22-5-2)17-20-18(3)19-14-11-10-12-15-19/h10-12,14-15,18,20H,4-9,13,16-17H2,1-3H3/t18-,24?/m0/s1. The van der Waals surface area contributed by atoms with Crippen LogP contribution >= 0.6 is 7.60 Å². The van der Waals surface area contributed by atoms with Crippen LogP contribution in [0.1, 0.15) is 70.9 Å². The summed E-state index contributed by atoms with van der Waals surface area (Å²) >= 11 is 0. The van der Waals surface area contributed by atoms with Gasteiger partial charge in [-0.1, -0.05) is 69.4 Å². The average molecular weight is 355 g/mol. The van der Waals surface area contributed by atoms with Crippen molar-refractivity contribution in [1.29, 1.82) is 0 Å². The summed E-state index contributed by atoms with van der Waals surface area (Å²) in [7, 11) is -3.07. The van der Waals surface area contributed by atoms with Gasteiger partial charge in [-0.3, -0.25) is 9.88 Å². The van der Waals surface area contributed by atoms with E-state index in [4.69, 9.17) is 9.05 Å². The Morgan fingerprint density at radius 3 is 2.33 bits per heavy atom. The molecule has 0 aliphatic rings. The summed E-state index contributed by atoms with van der Waals surface area (Å²) in [6, 6.07) is 10.2. The number of hydrogen-bond acceptors (Lipinski definition) is 4. The van der Waals surface area contributed by atoms with Crippen LogP contribution in [0.25, 0.3) is 0 Å². The highest BCUT2D eigenvalue weighted by atomic mass is 31.2. The normalized spacial score (nSPS) is 15.1. The second kappa shape index (κ2) is 12.7. The molecule has 0 aliphatic carbocycles. The van der Waals surface area contributed by atoms with Crippen molar-refractivity contribution in [3.8, 4) is 0 Å². The average Bonchev–Trinajstić information content (AvgIpc) is 2.60. The van der Waals surface area contributed by atoms with Gasteiger partial charge in [0.25, 0.3) is 0 Å². The van der Waals surface area contributed by atoms with Crippen molar-refractivity contribution >= 4 is 7.60 Å². The third-order valence-corrected chi connectivity index (χ3v) is 5.80. The first kappa shape index (κ1) is 21.4. The summed E-state index contributed by atoms with van der Waals surface area (Å²) in [4.78, 5) is 0. The number of hydrogen-bond donors (Lipinski definition) is 1. The van der Waals surface area contributed by atoms with E-state index in [1.54, 1.807) is 0 Å². The third-order valence-electron chi connectivity index (χ3n) is 4.00. The molecule has 0 saturated heterocycles. The van der Waals surface area contributed by atoms with E-state index in [1.165, 1.54) is 25.7 Å². The van der Waals surface area contributed by atoms with Crippen LogP contribution in [0.3, 0.4) is 0 Å². The first-order valence-electron chi connectivity index (χ1n) is 9.27. The van der Waals surface area contributed by atoms with Gasteiger partial charge in [-0.25, -0.2) is 0 Å². The summed E-state index contributed by atoms with van der Waals surface area (Å²) in [5.74, 6) is 0. The van der Waals surface area contributed by atoms with Crippen LogP contribution in [0.4, 0.5) is 0 Å². The molecular weight excluding hydrogens is 321 g/mol. The summed E-state index contributed by atoms with van der Waals surface area (Å²) in [5.41, 5.74) is 1.16. The smallest absolute Gasteiger partial charge is 0.308 e. The summed E-state index contributed by atoms with van der Waals surface area (Å²) in [5, 5.41) is 3.28. The molecule has 0 aromatic heterocycles. The molecule has 5 heteroatoms. The maximum Gasteiger partial charge on any atom is 0.344 e. The SMILES string of the molecule is CCCCCCCCOP(=O)(CN[C@@H](C)c1ccccc1)OCC. The van der Waals surface area contributed by atoms with Crippen LogP contribution in [0.5, 0.6) is 0 Å². The predicted molar refractivity (Wildman–Crippen MR) is 101 cm³/mol. The Labute approximate surface area is 147 Å². The molecule has 2 atom stereocenters. The molecule has 138 valence electrons. The van der Waals surface area contributed by atoms with E-state index < -0.39 is 7.60 Å². The number of unbranched alkanes of at least 4 members (excludes halogenated alkanes) is 5. The topological polar surface area (TPSA) is 47.6 Å². The molecule has 1 aromatic carbocycles. The molecule has 4 nitrogen and oxygen atoms in total. The van der Waals surface area contributed by atoms with E-state index in [2.05, 4.69) is 31.3 Å².